The molecule has 0 atom stereocenters. The first kappa shape index (κ1) is 16.7. The van der Waals surface area contributed by atoms with Gasteiger partial charge in [-0.1, -0.05) is 35.9 Å². The first-order valence-electron chi connectivity index (χ1n) is 7.70. The fraction of sp³-hybridized carbons (Fsp3) is 0.263. The monoisotopic (exact) mass is 310 g/mol. The van der Waals surface area contributed by atoms with Crippen molar-refractivity contribution < 1.29 is 9.59 Å². The smallest absolute Gasteiger partial charge is 0.251 e. The van der Waals surface area contributed by atoms with Crippen LogP contribution in [0.3, 0.4) is 0 Å². The first-order valence-corrected chi connectivity index (χ1v) is 7.70. The van der Waals surface area contributed by atoms with Gasteiger partial charge in [-0.2, -0.15) is 0 Å². The molecule has 0 aliphatic rings. The van der Waals surface area contributed by atoms with Crippen molar-refractivity contribution in [3.63, 3.8) is 0 Å². The van der Waals surface area contributed by atoms with Gasteiger partial charge >= 0.3 is 0 Å². The molecule has 2 rings (SSSR count). The Morgan fingerprint density at radius 1 is 0.957 bits per heavy atom. The average molecular weight is 310 g/mol. The lowest BCUT2D eigenvalue weighted by atomic mass is 10.1. The molecule has 0 saturated carbocycles. The van der Waals surface area contributed by atoms with Crippen LogP contribution in [0.15, 0.2) is 48.5 Å². The fourth-order valence-corrected chi connectivity index (χ4v) is 2.14. The standard InChI is InChI=1S/C19H22N2O2/c1-13(2)21-19(23)17-6-4-5-16(11-17)18(22)20-12-15-9-7-14(3)8-10-15/h4-11,13H,12H2,1-3H3,(H,20,22)(H,21,23). The Balaban J connectivity index is 2.02. The Morgan fingerprint density at radius 3 is 2.17 bits per heavy atom. The third kappa shape index (κ3) is 4.95. The van der Waals surface area contributed by atoms with Gasteiger partial charge < -0.3 is 10.6 Å². The van der Waals surface area contributed by atoms with Crippen LogP contribution in [0.25, 0.3) is 0 Å². The maximum Gasteiger partial charge on any atom is 0.251 e. The second kappa shape index (κ2) is 7.58. The SMILES string of the molecule is Cc1ccc(CNC(=O)c2cccc(C(=O)NC(C)C)c2)cc1. The Bertz CT molecular complexity index is 691. The van der Waals surface area contributed by atoms with Crippen LogP contribution in [-0.2, 0) is 6.54 Å². The zero-order valence-corrected chi connectivity index (χ0v) is 13.7. The zero-order chi connectivity index (χ0) is 16.8. The molecule has 0 spiro atoms. The molecule has 2 aromatic carbocycles. The van der Waals surface area contributed by atoms with Crippen molar-refractivity contribution in [3.05, 3.63) is 70.8 Å². The lowest BCUT2D eigenvalue weighted by Gasteiger charge is -2.10. The van der Waals surface area contributed by atoms with Crippen LogP contribution in [-0.4, -0.2) is 17.9 Å². The summed E-state index contributed by atoms with van der Waals surface area (Å²) in [4.78, 5) is 24.2. The highest BCUT2D eigenvalue weighted by atomic mass is 16.2. The number of aryl methyl sites for hydroxylation is 1. The summed E-state index contributed by atoms with van der Waals surface area (Å²) in [6, 6.07) is 14.8. The van der Waals surface area contributed by atoms with E-state index >= 15 is 0 Å². The second-order valence-electron chi connectivity index (χ2n) is 5.88. The lowest BCUT2D eigenvalue weighted by Crippen LogP contribution is -2.30. The summed E-state index contributed by atoms with van der Waals surface area (Å²) in [7, 11) is 0. The highest BCUT2D eigenvalue weighted by Crippen LogP contribution is 2.07. The number of hydrogen-bond acceptors (Lipinski definition) is 2. The second-order valence-corrected chi connectivity index (χ2v) is 5.88. The van der Waals surface area contributed by atoms with Gasteiger partial charge in [0.15, 0.2) is 0 Å². The molecule has 4 heteroatoms. The minimum atomic E-state index is -0.190. The molecule has 0 radical (unpaired) electrons. The molecule has 0 aromatic heterocycles. The number of rotatable bonds is 5. The third-order valence-corrected chi connectivity index (χ3v) is 3.38. The Hall–Kier alpha value is -2.62. The predicted molar refractivity (Wildman–Crippen MR) is 91.4 cm³/mol. The van der Waals surface area contributed by atoms with Crippen molar-refractivity contribution in [2.24, 2.45) is 0 Å². The van der Waals surface area contributed by atoms with Crippen LogP contribution in [0.1, 0.15) is 45.7 Å². The molecule has 0 aliphatic carbocycles. The van der Waals surface area contributed by atoms with E-state index < -0.39 is 0 Å². The number of carbonyl (C=O) groups is 2. The zero-order valence-electron chi connectivity index (χ0n) is 13.7. The summed E-state index contributed by atoms with van der Waals surface area (Å²) in [6.45, 7) is 6.28. The number of benzene rings is 2. The molecule has 2 N–H and O–H groups in total. The number of amides is 2. The first-order chi connectivity index (χ1) is 11.0. The van der Waals surface area contributed by atoms with Crippen LogP contribution < -0.4 is 10.6 Å². The molecule has 4 nitrogen and oxygen atoms in total. The van der Waals surface area contributed by atoms with Crippen LogP contribution >= 0.6 is 0 Å². The predicted octanol–water partition coefficient (Wildman–Crippen LogP) is 3.06. The van der Waals surface area contributed by atoms with E-state index in [-0.39, 0.29) is 17.9 Å². The lowest BCUT2D eigenvalue weighted by molar-refractivity contribution is 0.0943. The average Bonchev–Trinajstić information content (AvgIpc) is 2.53. The van der Waals surface area contributed by atoms with Crippen LogP contribution in [0, 0.1) is 6.92 Å². The number of hydrogen-bond donors (Lipinski definition) is 2. The van der Waals surface area contributed by atoms with Gasteiger partial charge in [-0.25, -0.2) is 0 Å². The molecule has 2 aromatic rings. The third-order valence-electron chi connectivity index (χ3n) is 3.38. The van der Waals surface area contributed by atoms with E-state index in [0.717, 1.165) is 5.56 Å². The van der Waals surface area contributed by atoms with Gasteiger partial charge in [0.1, 0.15) is 0 Å². The van der Waals surface area contributed by atoms with Gasteiger partial charge in [0.2, 0.25) is 0 Å². The van der Waals surface area contributed by atoms with Crippen LogP contribution in [0.5, 0.6) is 0 Å². The number of nitrogens with one attached hydrogen (secondary N) is 2. The van der Waals surface area contributed by atoms with Crippen molar-refractivity contribution >= 4 is 11.8 Å². The van der Waals surface area contributed by atoms with Crippen molar-refractivity contribution in [1.29, 1.82) is 0 Å². The summed E-state index contributed by atoms with van der Waals surface area (Å²) < 4.78 is 0. The van der Waals surface area contributed by atoms with Crippen molar-refractivity contribution in [3.8, 4) is 0 Å². The van der Waals surface area contributed by atoms with E-state index in [1.807, 2.05) is 45.0 Å². The Labute approximate surface area is 136 Å². The van der Waals surface area contributed by atoms with Crippen molar-refractivity contribution in [1.82, 2.24) is 10.6 Å². The molecule has 0 unspecified atom stereocenters. The molecular weight excluding hydrogens is 288 g/mol. The van der Waals surface area contributed by atoms with Gasteiger partial charge in [0, 0.05) is 23.7 Å². The normalized spacial score (nSPS) is 10.4. The molecule has 2 amide bonds. The maximum absolute atomic E-state index is 12.2. The summed E-state index contributed by atoms with van der Waals surface area (Å²) in [5.41, 5.74) is 3.19. The molecule has 0 aliphatic heterocycles. The van der Waals surface area contributed by atoms with Gasteiger partial charge in [0.05, 0.1) is 0 Å². The Kier molecular flexibility index (Phi) is 5.52. The molecule has 0 bridgehead atoms. The summed E-state index contributed by atoms with van der Waals surface area (Å²) in [5.74, 6) is -0.363. The minimum Gasteiger partial charge on any atom is -0.350 e. The van der Waals surface area contributed by atoms with E-state index in [9.17, 15) is 9.59 Å². The van der Waals surface area contributed by atoms with E-state index in [1.165, 1.54) is 5.56 Å². The summed E-state index contributed by atoms with van der Waals surface area (Å²) in [5, 5.41) is 5.69. The fourth-order valence-electron chi connectivity index (χ4n) is 2.14. The maximum atomic E-state index is 12.2. The molecule has 23 heavy (non-hydrogen) atoms. The topological polar surface area (TPSA) is 58.2 Å². The largest absolute Gasteiger partial charge is 0.350 e. The highest BCUT2D eigenvalue weighted by molar-refractivity contribution is 5.99. The molecular formula is C19H22N2O2. The van der Waals surface area contributed by atoms with Crippen LogP contribution in [0.4, 0.5) is 0 Å². The van der Waals surface area contributed by atoms with E-state index in [2.05, 4.69) is 10.6 Å². The van der Waals surface area contributed by atoms with Crippen molar-refractivity contribution in [2.75, 3.05) is 0 Å². The van der Waals surface area contributed by atoms with Crippen molar-refractivity contribution in [2.45, 2.75) is 33.4 Å². The van der Waals surface area contributed by atoms with Gasteiger partial charge in [-0.3, -0.25) is 9.59 Å². The molecule has 0 heterocycles. The van der Waals surface area contributed by atoms with E-state index in [0.29, 0.717) is 17.7 Å². The Morgan fingerprint density at radius 2 is 1.57 bits per heavy atom. The molecule has 0 saturated heterocycles. The number of carbonyl (C=O) groups excluding carboxylic acids is 2. The van der Waals surface area contributed by atoms with Gasteiger partial charge in [0.25, 0.3) is 11.8 Å². The van der Waals surface area contributed by atoms with Gasteiger partial charge in [-0.05, 0) is 44.5 Å². The van der Waals surface area contributed by atoms with E-state index in [1.54, 1.807) is 24.3 Å². The van der Waals surface area contributed by atoms with Crippen LogP contribution in [0.2, 0.25) is 0 Å². The molecule has 0 fully saturated rings. The summed E-state index contributed by atoms with van der Waals surface area (Å²) in [6.07, 6.45) is 0. The van der Waals surface area contributed by atoms with Gasteiger partial charge in [-0.15, -0.1) is 0 Å². The highest BCUT2D eigenvalue weighted by Gasteiger charge is 2.11. The quantitative estimate of drug-likeness (QED) is 0.891. The minimum absolute atomic E-state index is 0.0570. The molecule has 120 valence electrons. The summed E-state index contributed by atoms with van der Waals surface area (Å²) >= 11 is 0. The van der Waals surface area contributed by atoms with E-state index in [4.69, 9.17) is 0 Å².